The molecule has 1 amide bonds. The van der Waals surface area contributed by atoms with Crippen LogP contribution < -0.4 is 5.32 Å². The van der Waals surface area contributed by atoms with Crippen LogP contribution in [0.4, 0.5) is 0 Å². The van der Waals surface area contributed by atoms with Crippen molar-refractivity contribution in [2.45, 2.75) is 39.7 Å². The normalized spacial score (nSPS) is 23.4. The van der Waals surface area contributed by atoms with Gasteiger partial charge in [-0.25, -0.2) is 0 Å². The molecule has 3 heteroatoms. The van der Waals surface area contributed by atoms with E-state index < -0.39 is 6.10 Å². The zero-order valence-corrected chi connectivity index (χ0v) is 8.63. The Hall–Kier alpha value is -0.570. The van der Waals surface area contributed by atoms with Crippen LogP contribution in [0, 0.1) is 11.3 Å². The van der Waals surface area contributed by atoms with Crippen LogP contribution in [0.25, 0.3) is 0 Å². The first kappa shape index (κ1) is 10.5. The highest BCUT2D eigenvalue weighted by atomic mass is 16.3. The Morgan fingerprint density at radius 2 is 2.15 bits per heavy atom. The van der Waals surface area contributed by atoms with Crippen LogP contribution in [0.2, 0.25) is 0 Å². The van der Waals surface area contributed by atoms with Crippen molar-refractivity contribution in [1.82, 2.24) is 5.32 Å². The van der Waals surface area contributed by atoms with E-state index in [1.807, 2.05) is 0 Å². The van der Waals surface area contributed by atoms with E-state index in [2.05, 4.69) is 19.2 Å². The molecule has 2 N–H and O–H groups in total. The van der Waals surface area contributed by atoms with Crippen LogP contribution in [-0.2, 0) is 4.79 Å². The Balaban J connectivity index is 2.20. The van der Waals surface area contributed by atoms with Gasteiger partial charge in [-0.05, 0) is 25.2 Å². The first-order chi connectivity index (χ1) is 5.91. The summed E-state index contributed by atoms with van der Waals surface area (Å²) >= 11 is 0. The molecule has 0 radical (unpaired) electrons. The van der Waals surface area contributed by atoms with E-state index in [4.69, 9.17) is 5.11 Å². The van der Waals surface area contributed by atoms with E-state index in [1.54, 1.807) is 6.92 Å². The molecule has 1 fully saturated rings. The molecule has 0 aliphatic heterocycles. The smallest absolute Gasteiger partial charge is 0.223 e. The molecule has 0 spiro atoms. The average Bonchev–Trinajstić information content (AvgIpc) is 1.95. The van der Waals surface area contributed by atoms with E-state index in [1.165, 1.54) is 0 Å². The van der Waals surface area contributed by atoms with Crippen molar-refractivity contribution in [3.63, 3.8) is 0 Å². The molecule has 0 aromatic carbocycles. The molecule has 0 saturated heterocycles. The zero-order valence-electron chi connectivity index (χ0n) is 8.63. The Kier molecular flexibility index (Phi) is 2.96. The van der Waals surface area contributed by atoms with Crippen molar-refractivity contribution >= 4 is 5.91 Å². The van der Waals surface area contributed by atoms with Gasteiger partial charge < -0.3 is 10.4 Å². The van der Waals surface area contributed by atoms with Crippen molar-refractivity contribution in [3.05, 3.63) is 0 Å². The van der Waals surface area contributed by atoms with Gasteiger partial charge in [0.25, 0.3) is 0 Å². The predicted molar refractivity (Wildman–Crippen MR) is 51.2 cm³/mol. The predicted octanol–water partition coefficient (Wildman–Crippen LogP) is 0.920. The minimum Gasteiger partial charge on any atom is -0.392 e. The molecule has 1 unspecified atom stereocenters. The molecule has 1 aliphatic carbocycles. The number of aliphatic hydroxyl groups is 1. The second-order valence-electron chi connectivity index (χ2n) is 4.86. The first-order valence-corrected chi connectivity index (χ1v) is 4.86. The molecular weight excluding hydrogens is 166 g/mol. The Morgan fingerprint density at radius 1 is 1.62 bits per heavy atom. The molecule has 0 bridgehead atoms. The number of carbonyl (C=O) groups is 1. The van der Waals surface area contributed by atoms with Gasteiger partial charge in [0.2, 0.25) is 5.91 Å². The molecule has 1 atom stereocenters. The summed E-state index contributed by atoms with van der Waals surface area (Å²) < 4.78 is 0. The fourth-order valence-corrected chi connectivity index (χ4v) is 1.85. The fraction of sp³-hybridized carbons (Fsp3) is 0.900. The largest absolute Gasteiger partial charge is 0.392 e. The molecule has 1 rings (SSSR count). The van der Waals surface area contributed by atoms with E-state index in [0.717, 1.165) is 12.8 Å². The maximum atomic E-state index is 11.4. The monoisotopic (exact) mass is 185 g/mol. The maximum absolute atomic E-state index is 11.4. The number of rotatable bonds is 3. The van der Waals surface area contributed by atoms with Crippen LogP contribution in [0.5, 0.6) is 0 Å². The van der Waals surface area contributed by atoms with Gasteiger partial charge in [0.15, 0.2) is 0 Å². The van der Waals surface area contributed by atoms with Crippen molar-refractivity contribution in [2.75, 3.05) is 6.54 Å². The third-order valence-electron chi connectivity index (χ3n) is 2.54. The lowest BCUT2D eigenvalue weighted by Crippen LogP contribution is -2.44. The molecule has 3 nitrogen and oxygen atoms in total. The lowest BCUT2D eigenvalue weighted by molar-refractivity contribution is -0.131. The van der Waals surface area contributed by atoms with E-state index >= 15 is 0 Å². The van der Waals surface area contributed by atoms with E-state index in [0.29, 0.717) is 12.0 Å². The standard InChI is InChI=1S/C10H19NO2/c1-7(12)6-11-9(13)8-4-10(2,3)5-8/h7-8,12H,4-6H2,1-3H3,(H,11,13). The summed E-state index contributed by atoms with van der Waals surface area (Å²) in [4.78, 5) is 11.4. The molecule has 1 aliphatic rings. The Morgan fingerprint density at radius 3 is 2.54 bits per heavy atom. The van der Waals surface area contributed by atoms with Crippen LogP contribution in [0.1, 0.15) is 33.6 Å². The van der Waals surface area contributed by atoms with Crippen LogP contribution in [0.15, 0.2) is 0 Å². The number of hydrogen-bond donors (Lipinski definition) is 2. The lowest BCUT2D eigenvalue weighted by atomic mass is 9.64. The lowest BCUT2D eigenvalue weighted by Gasteiger charge is -2.41. The highest BCUT2D eigenvalue weighted by molar-refractivity contribution is 5.79. The topological polar surface area (TPSA) is 49.3 Å². The van der Waals surface area contributed by atoms with Gasteiger partial charge in [0.1, 0.15) is 0 Å². The van der Waals surface area contributed by atoms with Gasteiger partial charge >= 0.3 is 0 Å². The number of hydrogen-bond acceptors (Lipinski definition) is 2. The van der Waals surface area contributed by atoms with Gasteiger partial charge in [-0.15, -0.1) is 0 Å². The molecular formula is C10H19NO2. The number of carbonyl (C=O) groups excluding carboxylic acids is 1. The molecule has 0 heterocycles. The summed E-state index contributed by atoms with van der Waals surface area (Å²) in [7, 11) is 0. The van der Waals surface area contributed by atoms with Crippen molar-refractivity contribution in [1.29, 1.82) is 0 Å². The summed E-state index contributed by atoms with van der Waals surface area (Å²) in [5.74, 6) is 0.272. The zero-order chi connectivity index (χ0) is 10.1. The number of aliphatic hydroxyl groups excluding tert-OH is 1. The van der Waals surface area contributed by atoms with Crippen LogP contribution >= 0.6 is 0 Å². The average molecular weight is 185 g/mol. The molecule has 76 valence electrons. The van der Waals surface area contributed by atoms with Crippen molar-refractivity contribution < 1.29 is 9.90 Å². The fourth-order valence-electron chi connectivity index (χ4n) is 1.85. The first-order valence-electron chi connectivity index (χ1n) is 4.86. The minimum absolute atomic E-state index is 0.0974. The summed E-state index contributed by atoms with van der Waals surface area (Å²) in [5, 5.41) is 11.7. The summed E-state index contributed by atoms with van der Waals surface area (Å²) in [6, 6.07) is 0. The minimum atomic E-state index is -0.447. The Bertz CT molecular complexity index is 191. The second kappa shape index (κ2) is 3.66. The van der Waals surface area contributed by atoms with Gasteiger partial charge in [0.05, 0.1) is 6.10 Å². The maximum Gasteiger partial charge on any atom is 0.223 e. The van der Waals surface area contributed by atoms with E-state index in [9.17, 15) is 4.79 Å². The number of amides is 1. The van der Waals surface area contributed by atoms with Crippen molar-refractivity contribution in [3.8, 4) is 0 Å². The molecule has 0 aromatic rings. The summed E-state index contributed by atoms with van der Waals surface area (Å²) in [6.07, 6.45) is 1.49. The van der Waals surface area contributed by atoms with Gasteiger partial charge in [-0.1, -0.05) is 13.8 Å². The van der Waals surface area contributed by atoms with Crippen LogP contribution in [0.3, 0.4) is 0 Å². The second-order valence-corrected chi connectivity index (χ2v) is 4.86. The highest BCUT2D eigenvalue weighted by Crippen LogP contribution is 2.44. The third-order valence-corrected chi connectivity index (χ3v) is 2.54. The number of nitrogens with one attached hydrogen (secondary N) is 1. The van der Waals surface area contributed by atoms with Crippen molar-refractivity contribution in [2.24, 2.45) is 11.3 Å². The van der Waals surface area contributed by atoms with Gasteiger partial charge in [0, 0.05) is 12.5 Å². The molecule has 1 saturated carbocycles. The van der Waals surface area contributed by atoms with Gasteiger partial charge in [-0.2, -0.15) is 0 Å². The molecule has 0 aromatic heterocycles. The third kappa shape index (κ3) is 2.99. The summed E-state index contributed by atoms with van der Waals surface area (Å²) in [5.41, 5.74) is 0.340. The Labute approximate surface area is 79.5 Å². The SMILES string of the molecule is CC(O)CNC(=O)C1CC(C)(C)C1. The van der Waals surface area contributed by atoms with Gasteiger partial charge in [-0.3, -0.25) is 4.79 Å². The quantitative estimate of drug-likeness (QED) is 0.687. The van der Waals surface area contributed by atoms with Crippen LogP contribution in [-0.4, -0.2) is 23.7 Å². The summed E-state index contributed by atoms with van der Waals surface area (Å²) in [6.45, 7) is 6.39. The van der Waals surface area contributed by atoms with E-state index in [-0.39, 0.29) is 11.8 Å². The molecule has 13 heavy (non-hydrogen) atoms. The highest BCUT2D eigenvalue weighted by Gasteiger charge is 2.40.